The predicted molar refractivity (Wildman–Crippen MR) is 86.2 cm³/mol. The molecule has 0 spiro atoms. The summed E-state index contributed by atoms with van der Waals surface area (Å²) in [5.74, 6) is 0.0124. The van der Waals surface area contributed by atoms with E-state index in [1.807, 2.05) is 30.3 Å². The van der Waals surface area contributed by atoms with Crippen molar-refractivity contribution in [3.8, 4) is 0 Å². The maximum absolute atomic E-state index is 12.2. The van der Waals surface area contributed by atoms with E-state index in [-0.39, 0.29) is 5.91 Å². The van der Waals surface area contributed by atoms with Crippen LogP contribution in [0.15, 0.2) is 29.2 Å². The van der Waals surface area contributed by atoms with Crippen molar-refractivity contribution in [2.24, 2.45) is 0 Å². The highest BCUT2D eigenvalue weighted by Gasteiger charge is 2.31. The van der Waals surface area contributed by atoms with E-state index >= 15 is 0 Å². The number of hydrogen-bond acceptors (Lipinski definition) is 3. The first kappa shape index (κ1) is 14.6. The van der Waals surface area contributed by atoms with Gasteiger partial charge in [0.1, 0.15) is 4.32 Å². The molecule has 1 aromatic carbocycles. The van der Waals surface area contributed by atoms with Gasteiger partial charge in [-0.05, 0) is 30.2 Å². The van der Waals surface area contributed by atoms with Crippen LogP contribution < -0.4 is 0 Å². The van der Waals surface area contributed by atoms with Gasteiger partial charge in [-0.2, -0.15) is 0 Å². The van der Waals surface area contributed by atoms with E-state index < -0.39 is 0 Å². The highest BCUT2D eigenvalue weighted by Crippen LogP contribution is 2.32. The first-order chi connectivity index (χ1) is 9.11. The second kappa shape index (κ2) is 6.55. The van der Waals surface area contributed by atoms with Gasteiger partial charge in [0.05, 0.1) is 4.91 Å². The van der Waals surface area contributed by atoms with Crippen LogP contribution >= 0.6 is 35.6 Å². The molecule has 100 valence electrons. The molecule has 1 heterocycles. The first-order valence-electron chi connectivity index (χ1n) is 6.12. The molecular formula is C14H14ClNOS2. The molecular weight excluding hydrogens is 298 g/mol. The van der Waals surface area contributed by atoms with Gasteiger partial charge in [-0.15, -0.1) is 0 Å². The zero-order chi connectivity index (χ0) is 13.8. The molecule has 19 heavy (non-hydrogen) atoms. The van der Waals surface area contributed by atoms with E-state index in [1.165, 1.54) is 11.8 Å². The van der Waals surface area contributed by atoms with Crippen LogP contribution in [0.2, 0.25) is 5.02 Å². The minimum Gasteiger partial charge on any atom is -0.293 e. The summed E-state index contributed by atoms with van der Waals surface area (Å²) in [6, 6.07) is 7.40. The number of halogens is 1. The Morgan fingerprint density at radius 2 is 2.05 bits per heavy atom. The fraction of sp³-hybridized carbons (Fsp3) is 0.286. The molecule has 0 aliphatic carbocycles. The Morgan fingerprint density at radius 1 is 1.37 bits per heavy atom. The Bertz CT molecular complexity index is 525. The number of benzene rings is 1. The second-order valence-corrected chi connectivity index (χ2v) is 6.35. The first-order valence-corrected chi connectivity index (χ1v) is 7.73. The summed E-state index contributed by atoms with van der Waals surface area (Å²) in [6.45, 7) is 2.81. The molecule has 0 aromatic heterocycles. The summed E-state index contributed by atoms with van der Waals surface area (Å²) >= 11 is 12.5. The van der Waals surface area contributed by atoms with E-state index in [4.69, 9.17) is 23.8 Å². The fourth-order valence-electron chi connectivity index (χ4n) is 1.72. The third-order valence-corrected chi connectivity index (χ3v) is 4.41. The van der Waals surface area contributed by atoms with Crippen LogP contribution in [0.4, 0.5) is 0 Å². The standard InChI is InChI=1S/C14H14ClNOS2/c1-2-3-8-16-13(17)12(19-14(16)18)9-10-4-6-11(15)7-5-10/h4-7,9H,2-3,8H2,1H3/b12-9-. The molecule has 2 rings (SSSR count). The quantitative estimate of drug-likeness (QED) is 0.609. The highest BCUT2D eigenvalue weighted by atomic mass is 35.5. The van der Waals surface area contributed by atoms with Crippen molar-refractivity contribution in [1.29, 1.82) is 0 Å². The Labute approximate surface area is 127 Å². The van der Waals surface area contributed by atoms with Crippen LogP contribution in [0.5, 0.6) is 0 Å². The maximum Gasteiger partial charge on any atom is 0.266 e. The Kier molecular flexibility index (Phi) is 5.02. The number of unbranched alkanes of at least 4 members (excludes halogenated alkanes) is 1. The van der Waals surface area contributed by atoms with Gasteiger partial charge in [0, 0.05) is 11.6 Å². The van der Waals surface area contributed by atoms with Crippen molar-refractivity contribution in [2.45, 2.75) is 19.8 Å². The molecule has 2 nitrogen and oxygen atoms in total. The van der Waals surface area contributed by atoms with Crippen LogP contribution in [0.3, 0.4) is 0 Å². The zero-order valence-corrected chi connectivity index (χ0v) is 12.9. The van der Waals surface area contributed by atoms with Gasteiger partial charge in [0.25, 0.3) is 5.91 Å². The van der Waals surface area contributed by atoms with Crippen molar-refractivity contribution in [1.82, 2.24) is 4.90 Å². The number of hydrogen-bond donors (Lipinski definition) is 0. The molecule has 0 unspecified atom stereocenters. The fourth-order valence-corrected chi connectivity index (χ4v) is 3.15. The van der Waals surface area contributed by atoms with Crippen LogP contribution in [0, 0.1) is 0 Å². The van der Waals surface area contributed by atoms with Gasteiger partial charge in [0.2, 0.25) is 0 Å². The lowest BCUT2D eigenvalue weighted by Gasteiger charge is -2.12. The molecule has 1 aliphatic rings. The molecule has 0 saturated carbocycles. The lowest BCUT2D eigenvalue weighted by atomic mass is 10.2. The number of amides is 1. The third kappa shape index (κ3) is 3.59. The zero-order valence-electron chi connectivity index (χ0n) is 10.6. The molecule has 0 radical (unpaired) electrons. The summed E-state index contributed by atoms with van der Waals surface area (Å²) in [7, 11) is 0. The van der Waals surface area contributed by atoms with Crippen LogP contribution in [0.1, 0.15) is 25.3 Å². The summed E-state index contributed by atoms with van der Waals surface area (Å²) in [5, 5.41) is 0.688. The number of nitrogens with zero attached hydrogens (tertiary/aromatic N) is 1. The lowest BCUT2D eigenvalue weighted by Crippen LogP contribution is -2.28. The predicted octanol–water partition coefficient (Wildman–Crippen LogP) is 4.34. The molecule has 0 bridgehead atoms. The SMILES string of the molecule is CCCCN1C(=O)/C(=C/c2ccc(Cl)cc2)SC1=S. The maximum atomic E-state index is 12.2. The van der Waals surface area contributed by atoms with Gasteiger partial charge >= 0.3 is 0 Å². The van der Waals surface area contributed by atoms with Gasteiger partial charge in [0.15, 0.2) is 0 Å². The van der Waals surface area contributed by atoms with E-state index in [0.717, 1.165) is 18.4 Å². The second-order valence-electron chi connectivity index (χ2n) is 4.24. The van der Waals surface area contributed by atoms with E-state index in [2.05, 4.69) is 6.92 Å². The summed E-state index contributed by atoms with van der Waals surface area (Å²) in [4.78, 5) is 14.6. The van der Waals surface area contributed by atoms with Crippen molar-refractivity contribution < 1.29 is 4.79 Å². The lowest BCUT2D eigenvalue weighted by molar-refractivity contribution is -0.122. The molecule has 5 heteroatoms. The van der Waals surface area contributed by atoms with Crippen LogP contribution in [-0.2, 0) is 4.79 Å². The van der Waals surface area contributed by atoms with E-state index in [9.17, 15) is 4.79 Å². The van der Waals surface area contributed by atoms with Crippen molar-refractivity contribution >= 4 is 51.9 Å². The molecule has 0 atom stereocenters. The monoisotopic (exact) mass is 311 g/mol. The third-order valence-electron chi connectivity index (χ3n) is 2.78. The largest absolute Gasteiger partial charge is 0.293 e. The van der Waals surface area contributed by atoms with Crippen LogP contribution in [-0.4, -0.2) is 21.7 Å². The van der Waals surface area contributed by atoms with Gasteiger partial charge < -0.3 is 0 Å². The van der Waals surface area contributed by atoms with Gasteiger partial charge in [-0.25, -0.2) is 0 Å². The Hall–Kier alpha value is -0.840. The number of thioether (sulfide) groups is 1. The minimum absolute atomic E-state index is 0.0124. The molecule has 1 amide bonds. The molecule has 1 aromatic rings. The summed E-state index contributed by atoms with van der Waals surface area (Å²) in [6.07, 6.45) is 3.88. The van der Waals surface area contributed by atoms with Gasteiger partial charge in [-0.1, -0.05) is 61.1 Å². The average Bonchev–Trinajstić information content (AvgIpc) is 2.65. The molecule has 1 aliphatic heterocycles. The number of carbonyl (C=O) groups is 1. The smallest absolute Gasteiger partial charge is 0.266 e. The van der Waals surface area contributed by atoms with E-state index in [0.29, 0.717) is 20.8 Å². The Morgan fingerprint density at radius 3 is 2.68 bits per heavy atom. The normalized spacial score (nSPS) is 17.6. The van der Waals surface area contributed by atoms with Crippen molar-refractivity contribution in [3.63, 3.8) is 0 Å². The molecule has 1 saturated heterocycles. The van der Waals surface area contributed by atoms with Crippen molar-refractivity contribution in [3.05, 3.63) is 39.8 Å². The highest BCUT2D eigenvalue weighted by molar-refractivity contribution is 8.26. The van der Waals surface area contributed by atoms with E-state index in [1.54, 1.807) is 4.90 Å². The van der Waals surface area contributed by atoms with Crippen molar-refractivity contribution in [2.75, 3.05) is 6.54 Å². The van der Waals surface area contributed by atoms with Crippen LogP contribution in [0.25, 0.3) is 6.08 Å². The topological polar surface area (TPSA) is 20.3 Å². The van der Waals surface area contributed by atoms with Gasteiger partial charge in [-0.3, -0.25) is 9.69 Å². The number of carbonyl (C=O) groups excluding carboxylic acids is 1. The number of rotatable bonds is 4. The average molecular weight is 312 g/mol. The summed E-state index contributed by atoms with van der Waals surface area (Å²) in [5.41, 5.74) is 0.959. The minimum atomic E-state index is 0.0124. The molecule has 0 N–H and O–H groups in total. The summed E-state index contributed by atoms with van der Waals surface area (Å²) < 4.78 is 0.652. The Balaban J connectivity index is 2.16. The molecule has 1 fully saturated rings. The number of thiocarbonyl (C=S) groups is 1.